The zero-order valence-electron chi connectivity index (χ0n) is 10.3. The molecular weight excluding hydrogens is 256 g/mol. The molecule has 0 aromatic carbocycles. The highest BCUT2D eigenvalue weighted by molar-refractivity contribution is 7.89. The van der Waals surface area contributed by atoms with Crippen LogP contribution in [-0.2, 0) is 28.4 Å². The molecule has 1 aromatic rings. The number of aryl methyl sites for hydroxylation is 2. The molecule has 0 saturated carbocycles. The monoisotopic (exact) mass is 272 g/mol. The molecule has 1 aromatic heterocycles. The summed E-state index contributed by atoms with van der Waals surface area (Å²) in [6.07, 6.45) is -0.0371. The predicted octanol–water partition coefficient (Wildman–Crippen LogP) is -0.882. The molecule has 0 spiro atoms. The van der Waals surface area contributed by atoms with Crippen LogP contribution in [0.4, 0.5) is 0 Å². The van der Waals surface area contributed by atoms with Crippen LogP contribution in [0.5, 0.6) is 0 Å². The first kappa shape index (κ1) is 13.0. The number of nitrogens with two attached hydrogens (primary N) is 1. The maximum absolute atomic E-state index is 11.7. The third-order valence-corrected chi connectivity index (χ3v) is 4.41. The zero-order valence-corrected chi connectivity index (χ0v) is 11.1. The summed E-state index contributed by atoms with van der Waals surface area (Å²) in [7, 11) is -1.83. The summed E-state index contributed by atoms with van der Waals surface area (Å²) in [5.74, 6) is -0.197. The number of likely N-dealkylation sites (tertiary alicyclic amines) is 1. The number of primary sulfonamides is 1. The predicted molar refractivity (Wildman–Crippen MR) is 64.9 cm³/mol. The Morgan fingerprint density at radius 1 is 1.56 bits per heavy atom. The second-order valence-electron chi connectivity index (χ2n) is 4.59. The summed E-state index contributed by atoms with van der Waals surface area (Å²) in [6, 6.07) is 1.87. The molecule has 100 valence electrons. The number of carbonyl (C=O) groups excluding carboxylic acids is 1. The molecular formula is C10H16N4O3S. The van der Waals surface area contributed by atoms with Crippen molar-refractivity contribution in [3.05, 3.63) is 17.5 Å². The van der Waals surface area contributed by atoms with Gasteiger partial charge in [0.25, 0.3) is 0 Å². The van der Waals surface area contributed by atoms with Gasteiger partial charge >= 0.3 is 0 Å². The Kier molecular flexibility index (Phi) is 3.16. The highest BCUT2D eigenvalue weighted by atomic mass is 32.2. The third-order valence-electron chi connectivity index (χ3n) is 3.16. The smallest absolute Gasteiger partial charge is 0.224 e. The van der Waals surface area contributed by atoms with Crippen molar-refractivity contribution in [3.8, 4) is 0 Å². The van der Waals surface area contributed by atoms with E-state index >= 15 is 0 Å². The fraction of sp³-hybridized carbons (Fsp3) is 0.600. The van der Waals surface area contributed by atoms with Crippen LogP contribution >= 0.6 is 0 Å². The quantitative estimate of drug-likeness (QED) is 0.772. The molecule has 1 amide bonds. The highest BCUT2D eigenvalue weighted by Gasteiger charge is 2.36. The Morgan fingerprint density at radius 2 is 2.22 bits per heavy atom. The van der Waals surface area contributed by atoms with Crippen LogP contribution in [-0.4, -0.2) is 40.8 Å². The summed E-state index contributed by atoms with van der Waals surface area (Å²) in [6.45, 7) is 2.38. The fourth-order valence-corrected chi connectivity index (χ4v) is 2.78. The number of carbonyl (C=O) groups is 1. The number of hydrogen-bond acceptors (Lipinski definition) is 4. The van der Waals surface area contributed by atoms with Crippen LogP contribution in [0, 0.1) is 6.92 Å². The van der Waals surface area contributed by atoms with E-state index in [2.05, 4.69) is 5.10 Å². The molecule has 7 nitrogen and oxygen atoms in total. The molecule has 1 atom stereocenters. The lowest BCUT2D eigenvalue weighted by atomic mass is 10.3. The van der Waals surface area contributed by atoms with Crippen LogP contribution in [0.1, 0.15) is 17.8 Å². The van der Waals surface area contributed by atoms with Gasteiger partial charge in [0.05, 0.1) is 12.2 Å². The molecule has 1 fully saturated rings. The van der Waals surface area contributed by atoms with E-state index in [0.29, 0.717) is 6.54 Å². The van der Waals surface area contributed by atoms with Gasteiger partial charge in [0.2, 0.25) is 15.9 Å². The van der Waals surface area contributed by atoms with Gasteiger partial charge in [-0.1, -0.05) is 0 Å². The molecule has 1 aliphatic heterocycles. The van der Waals surface area contributed by atoms with Gasteiger partial charge in [-0.3, -0.25) is 9.48 Å². The van der Waals surface area contributed by atoms with Gasteiger partial charge in [-0.05, 0) is 13.0 Å². The molecule has 0 aliphatic carbocycles. The van der Waals surface area contributed by atoms with Crippen molar-refractivity contribution in [3.63, 3.8) is 0 Å². The minimum Gasteiger partial charge on any atom is -0.335 e. The molecule has 2 heterocycles. The Labute approximate surface area is 106 Å². The van der Waals surface area contributed by atoms with Crippen molar-refractivity contribution in [2.45, 2.75) is 25.1 Å². The lowest BCUT2D eigenvalue weighted by Crippen LogP contribution is -2.32. The molecule has 2 rings (SSSR count). The lowest BCUT2D eigenvalue weighted by molar-refractivity contribution is -0.128. The Balaban J connectivity index is 2.09. The van der Waals surface area contributed by atoms with Crippen molar-refractivity contribution >= 4 is 15.9 Å². The highest BCUT2D eigenvalue weighted by Crippen LogP contribution is 2.18. The SMILES string of the molecule is Cc1cc(CN2CC(S(N)(=O)=O)CC2=O)nn1C. The number of aromatic nitrogens is 2. The Morgan fingerprint density at radius 3 is 2.67 bits per heavy atom. The summed E-state index contributed by atoms with van der Waals surface area (Å²) >= 11 is 0. The van der Waals surface area contributed by atoms with E-state index in [0.717, 1.165) is 11.4 Å². The van der Waals surface area contributed by atoms with E-state index in [-0.39, 0.29) is 18.9 Å². The first-order valence-corrected chi connectivity index (χ1v) is 7.17. The minimum absolute atomic E-state index is 0.0371. The van der Waals surface area contributed by atoms with Crippen LogP contribution in [0.3, 0.4) is 0 Å². The van der Waals surface area contributed by atoms with Crippen molar-refractivity contribution in [2.24, 2.45) is 12.2 Å². The first-order valence-electron chi connectivity index (χ1n) is 5.56. The molecule has 2 N–H and O–H groups in total. The van der Waals surface area contributed by atoms with E-state index < -0.39 is 15.3 Å². The van der Waals surface area contributed by atoms with Gasteiger partial charge in [0.15, 0.2) is 0 Å². The van der Waals surface area contributed by atoms with Gasteiger partial charge < -0.3 is 4.90 Å². The number of rotatable bonds is 3. The van der Waals surface area contributed by atoms with Gasteiger partial charge in [-0.15, -0.1) is 0 Å². The van der Waals surface area contributed by atoms with E-state index in [4.69, 9.17) is 5.14 Å². The second-order valence-corrected chi connectivity index (χ2v) is 6.43. The molecule has 1 unspecified atom stereocenters. The maximum Gasteiger partial charge on any atom is 0.224 e. The van der Waals surface area contributed by atoms with Crippen LogP contribution in [0.2, 0.25) is 0 Å². The van der Waals surface area contributed by atoms with Crippen molar-refractivity contribution in [2.75, 3.05) is 6.54 Å². The van der Waals surface area contributed by atoms with Crippen molar-refractivity contribution < 1.29 is 13.2 Å². The molecule has 1 aliphatic rings. The van der Waals surface area contributed by atoms with Gasteiger partial charge in [-0.2, -0.15) is 5.10 Å². The Bertz CT molecular complexity index is 558. The minimum atomic E-state index is -3.65. The summed E-state index contributed by atoms with van der Waals surface area (Å²) < 4.78 is 24.1. The van der Waals surface area contributed by atoms with Crippen LogP contribution in [0.15, 0.2) is 6.07 Å². The summed E-state index contributed by atoms with van der Waals surface area (Å²) in [4.78, 5) is 13.2. The number of nitrogens with zero attached hydrogens (tertiary/aromatic N) is 3. The number of hydrogen-bond donors (Lipinski definition) is 1. The largest absolute Gasteiger partial charge is 0.335 e. The second kappa shape index (κ2) is 4.36. The van der Waals surface area contributed by atoms with Crippen LogP contribution in [0.25, 0.3) is 0 Å². The lowest BCUT2D eigenvalue weighted by Gasteiger charge is -2.14. The van der Waals surface area contributed by atoms with E-state index in [1.807, 2.05) is 20.0 Å². The molecule has 0 radical (unpaired) electrons. The standard InChI is InChI=1S/C10H16N4O3S/c1-7-3-8(12-13(7)2)5-14-6-9(4-10(14)15)18(11,16)17/h3,9H,4-6H2,1-2H3,(H2,11,16,17). The zero-order chi connectivity index (χ0) is 13.5. The topological polar surface area (TPSA) is 98.3 Å². The van der Waals surface area contributed by atoms with Gasteiger partial charge in [0, 0.05) is 25.7 Å². The van der Waals surface area contributed by atoms with E-state index in [1.54, 1.807) is 4.68 Å². The van der Waals surface area contributed by atoms with E-state index in [9.17, 15) is 13.2 Å². The summed E-state index contributed by atoms with van der Waals surface area (Å²) in [5, 5.41) is 8.50. The van der Waals surface area contributed by atoms with Crippen LogP contribution < -0.4 is 5.14 Å². The van der Waals surface area contributed by atoms with Gasteiger partial charge in [0.1, 0.15) is 5.25 Å². The first-order chi connectivity index (χ1) is 8.27. The molecule has 18 heavy (non-hydrogen) atoms. The number of amides is 1. The van der Waals surface area contributed by atoms with Crippen molar-refractivity contribution in [1.82, 2.24) is 14.7 Å². The third kappa shape index (κ3) is 2.54. The van der Waals surface area contributed by atoms with E-state index in [1.165, 1.54) is 4.90 Å². The summed E-state index contributed by atoms with van der Waals surface area (Å²) in [5.41, 5.74) is 1.73. The molecule has 1 saturated heterocycles. The number of sulfonamides is 1. The maximum atomic E-state index is 11.7. The van der Waals surface area contributed by atoms with Gasteiger partial charge in [-0.25, -0.2) is 13.6 Å². The Hall–Kier alpha value is -1.41. The normalized spacial score (nSPS) is 20.7. The average molecular weight is 272 g/mol. The fourth-order valence-electron chi connectivity index (χ4n) is 2.02. The average Bonchev–Trinajstić information content (AvgIpc) is 2.72. The molecule has 8 heteroatoms. The van der Waals surface area contributed by atoms with Crippen molar-refractivity contribution in [1.29, 1.82) is 0 Å². The molecule has 0 bridgehead atoms.